The summed E-state index contributed by atoms with van der Waals surface area (Å²) in [5, 5.41) is 12.5. The quantitative estimate of drug-likeness (QED) is 0.333. The summed E-state index contributed by atoms with van der Waals surface area (Å²) < 4.78 is 10.5. The van der Waals surface area contributed by atoms with Gasteiger partial charge in [-0.1, -0.05) is 0 Å². The zero-order valence-corrected chi connectivity index (χ0v) is 20.4. The Morgan fingerprint density at radius 3 is 1.30 bits per heavy atom. The summed E-state index contributed by atoms with van der Waals surface area (Å²) in [6, 6.07) is 0.149. The first-order valence-corrected chi connectivity index (χ1v) is 11.2. The van der Waals surface area contributed by atoms with Crippen molar-refractivity contribution in [2.45, 2.75) is 104 Å². The van der Waals surface area contributed by atoms with E-state index in [1.165, 1.54) is 0 Å². The molecule has 0 spiro atoms. The maximum Gasteiger partial charge on any atom is 0.407 e. The van der Waals surface area contributed by atoms with Crippen LogP contribution in [0.4, 0.5) is 9.59 Å². The van der Waals surface area contributed by atoms with Crippen molar-refractivity contribution in [1.82, 2.24) is 21.3 Å². The van der Waals surface area contributed by atoms with Crippen molar-refractivity contribution in [1.29, 1.82) is 0 Å². The van der Waals surface area contributed by atoms with Gasteiger partial charge in [-0.25, -0.2) is 9.59 Å². The van der Waals surface area contributed by atoms with Gasteiger partial charge in [0.15, 0.2) is 0 Å². The molecule has 0 unspecified atom stereocenters. The molecule has 0 rings (SSSR count). The van der Waals surface area contributed by atoms with E-state index >= 15 is 0 Å². The third-order valence-electron chi connectivity index (χ3n) is 3.99. The van der Waals surface area contributed by atoms with Crippen molar-refractivity contribution < 1.29 is 19.1 Å². The Kier molecular flexibility index (Phi) is 13.7. The lowest BCUT2D eigenvalue weighted by atomic mass is 10.2. The molecule has 2 amide bonds. The van der Waals surface area contributed by atoms with Crippen LogP contribution in [0.15, 0.2) is 0 Å². The van der Waals surface area contributed by atoms with Crippen molar-refractivity contribution in [2.75, 3.05) is 26.2 Å². The molecule has 0 saturated heterocycles. The second kappa shape index (κ2) is 14.5. The average Bonchev–Trinajstić information content (AvgIpc) is 2.52. The molecule has 0 aliphatic heterocycles. The summed E-state index contributed by atoms with van der Waals surface area (Å²) in [7, 11) is 0. The zero-order chi connectivity index (χ0) is 23.2. The summed E-state index contributed by atoms with van der Waals surface area (Å²) in [6.07, 6.45) is 3.17. The van der Waals surface area contributed by atoms with Gasteiger partial charge in [-0.3, -0.25) is 0 Å². The lowest BCUT2D eigenvalue weighted by Gasteiger charge is -2.22. The van der Waals surface area contributed by atoms with E-state index in [0.29, 0.717) is 0 Å². The molecule has 30 heavy (non-hydrogen) atoms. The van der Waals surface area contributed by atoms with Gasteiger partial charge in [0.2, 0.25) is 0 Å². The number of ether oxygens (including phenoxy) is 2. The predicted octanol–water partition coefficient (Wildman–Crippen LogP) is 3.55. The standard InChI is InChI=1S/C22H46N4O4/c1-17(25-19(27)29-21(3,4)5)11-15-23-13-9-10-14-24-16-12-18(2)26-20(28)30-22(6,7)8/h17-18,23-24H,9-16H2,1-8H3,(H,25,27)(H,26,28)/t17-,18-/m0/s1. The van der Waals surface area contributed by atoms with Crippen LogP contribution in [0.3, 0.4) is 0 Å². The molecule has 0 heterocycles. The van der Waals surface area contributed by atoms with Crippen LogP contribution in [-0.4, -0.2) is 61.7 Å². The molecule has 4 N–H and O–H groups in total. The largest absolute Gasteiger partial charge is 0.444 e. The molecule has 0 radical (unpaired) electrons. The molecule has 0 saturated carbocycles. The van der Waals surface area contributed by atoms with Crippen LogP contribution in [0.2, 0.25) is 0 Å². The molecule has 0 aliphatic rings. The number of nitrogens with one attached hydrogen (secondary N) is 4. The summed E-state index contributed by atoms with van der Waals surface area (Å²) in [5.41, 5.74) is -0.939. The molecule has 0 aromatic rings. The van der Waals surface area contributed by atoms with Crippen molar-refractivity contribution in [3.63, 3.8) is 0 Å². The number of hydrogen-bond donors (Lipinski definition) is 4. The van der Waals surface area contributed by atoms with Gasteiger partial charge in [0.25, 0.3) is 0 Å². The maximum atomic E-state index is 11.7. The molecule has 8 heteroatoms. The van der Waals surface area contributed by atoms with Crippen molar-refractivity contribution in [3.05, 3.63) is 0 Å². The van der Waals surface area contributed by atoms with Crippen LogP contribution in [-0.2, 0) is 9.47 Å². The molecule has 0 fully saturated rings. The Morgan fingerprint density at radius 1 is 0.667 bits per heavy atom. The number of alkyl carbamates (subject to hydrolysis) is 2. The van der Waals surface area contributed by atoms with E-state index in [2.05, 4.69) is 21.3 Å². The molecule has 8 nitrogen and oxygen atoms in total. The Hall–Kier alpha value is -1.54. The van der Waals surface area contributed by atoms with E-state index in [1.807, 2.05) is 55.4 Å². The number of amides is 2. The number of carbonyl (C=O) groups excluding carboxylic acids is 2. The van der Waals surface area contributed by atoms with E-state index in [1.54, 1.807) is 0 Å². The lowest BCUT2D eigenvalue weighted by molar-refractivity contribution is 0.0494. The molecule has 0 aromatic heterocycles. The normalized spacial score (nSPS) is 14.0. The second-order valence-electron chi connectivity index (χ2n) is 9.88. The fraction of sp³-hybridized carbons (Fsp3) is 0.909. The van der Waals surface area contributed by atoms with E-state index in [9.17, 15) is 9.59 Å². The third-order valence-corrected chi connectivity index (χ3v) is 3.99. The molecular weight excluding hydrogens is 384 g/mol. The Labute approximate surface area is 183 Å². The van der Waals surface area contributed by atoms with Gasteiger partial charge in [0, 0.05) is 12.1 Å². The van der Waals surface area contributed by atoms with E-state index in [-0.39, 0.29) is 24.3 Å². The Bertz CT molecular complexity index is 443. The molecule has 178 valence electrons. The summed E-state index contributed by atoms with van der Waals surface area (Å²) in [5.74, 6) is 0. The van der Waals surface area contributed by atoms with Crippen LogP contribution in [0, 0.1) is 0 Å². The number of unbranched alkanes of at least 4 members (excludes halogenated alkanes) is 1. The first-order chi connectivity index (χ1) is 13.8. The minimum atomic E-state index is -0.470. The molecule has 0 aromatic carbocycles. The molecule has 0 aliphatic carbocycles. The highest BCUT2D eigenvalue weighted by atomic mass is 16.6. The van der Waals surface area contributed by atoms with Gasteiger partial charge in [0.1, 0.15) is 11.2 Å². The van der Waals surface area contributed by atoms with E-state index in [4.69, 9.17) is 9.47 Å². The third kappa shape index (κ3) is 19.8. The van der Waals surface area contributed by atoms with Crippen molar-refractivity contribution >= 4 is 12.2 Å². The highest BCUT2D eigenvalue weighted by Crippen LogP contribution is 2.07. The van der Waals surface area contributed by atoms with Gasteiger partial charge in [-0.15, -0.1) is 0 Å². The number of carbonyl (C=O) groups is 2. The van der Waals surface area contributed by atoms with Crippen LogP contribution in [0.1, 0.15) is 81.1 Å². The predicted molar refractivity (Wildman–Crippen MR) is 122 cm³/mol. The SMILES string of the molecule is C[C@@H](CCNCCCCNCC[C@H](C)NC(=O)OC(C)(C)C)NC(=O)OC(C)(C)C. The van der Waals surface area contributed by atoms with E-state index < -0.39 is 11.2 Å². The fourth-order valence-corrected chi connectivity index (χ4v) is 2.55. The van der Waals surface area contributed by atoms with Gasteiger partial charge < -0.3 is 30.7 Å². The van der Waals surface area contributed by atoms with Crippen molar-refractivity contribution in [3.8, 4) is 0 Å². The van der Waals surface area contributed by atoms with Crippen LogP contribution < -0.4 is 21.3 Å². The monoisotopic (exact) mass is 430 g/mol. The maximum absolute atomic E-state index is 11.7. The summed E-state index contributed by atoms with van der Waals surface area (Å²) in [6.45, 7) is 18.7. The molecule has 2 atom stereocenters. The van der Waals surface area contributed by atoms with Crippen LogP contribution >= 0.6 is 0 Å². The molecular formula is C22H46N4O4. The average molecular weight is 431 g/mol. The summed E-state index contributed by atoms with van der Waals surface area (Å²) in [4.78, 5) is 23.4. The zero-order valence-electron chi connectivity index (χ0n) is 20.4. The lowest BCUT2D eigenvalue weighted by Crippen LogP contribution is -2.39. The Balaban J connectivity index is 3.54. The minimum Gasteiger partial charge on any atom is -0.444 e. The van der Waals surface area contributed by atoms with Crippen molar-refractivity contribution in [2.24, 2.45) is 0 Å². The molecule has 0 bridgehead atoms. The minimum absolute atomic E-state index is 0.0743. The topological polar surface area (TPSA) is 101 Å². The number of rotatable bonds is 13. The van der Waals surface area contributed by atoms with Gasteiger partial charge >= 0.3 is 12.2 Å². The van der Waals surface area contributed by atoms with Gasteiger partial charge in [0.05, 0.1) is 0 Å². The first kappa shape index (κ1) is 28.5. The van der Waals surface area contributed by atoms with E-state index in [0.717, 1.165) is 51.9 Å². The smallest absolute Gasteiger partial charge is 0.407 e. The fourth-order valence-electron chi connectivity index (χ4n) is 2.55. The van der Waals surface area contributed by atoms with Crippen LogP contribution in [0.25, 0.3) is 0 Å². The second-order valence-corrected chi connectivity index (χ2v) is 9.88. The number of hydrogen-bond acceptors (Lipinski definition) is 6. The van der Waals surface area contributed by atoms with Gasteiger partial charge in [-0.05, 0) is 107 Å². The van der Waals surface area contributed by atoms with Gasteiger partial charge in [-0.2, -0.15) is 0 Å². The van der Waals surface area contributed by atoms with Crippen LogP contribution in [0.5, 0.6) is 0 Å². The Morgan fingerprint density at radius 2 is 1.00 bits per heavy atom. The highest BCUT2D eigenvalue weighted by molar-refractivity contribution is 5.68. The highest BCUT2D eigenvalue weighted by Gasteiger charge is 2.18. The first-order valence-electron chi connectivity index (χ1n) is 11.2. The summed E-state index contributed by atoms with van der Waals surface area (Å²) >= 11 is 0.